The summed E-state index contributed by atoms with van der Waals surface area (Å²) < 4.78 is 0.817. The molecule has 0 aromatic heterocycles. The Bertz CT molecular complexity index is 469. The minimum Gasteiger partial charge on any atom is -0.299 e. The SMILES string of the molecule is C#CC(CCC)NCc1cc(Br)ccc1[N+](=O)[O-]. The van der Waals surface area contributed by atoms with Crippen LogP contribution in [0.3, 0.4) is 0 Å². The van der Waals surface area contributed by atoms with Gasteiger partial charge < -0.3 is 0 Å². The summed E-state index contributed by atoms with van der Waals surface area (Å²) >= 11 is 3.31. The van der Waals surface area contributed by atoms with E-state index in [1.54, 1.807) is 12.1 Å². The fourth-order valence-corrected chi connectivity index (χ4v) is 2.05. The van der Waals surface area contributed by atoms with Gasteiger partial charge in [0, 0.05) is 22.6 Å². The second kappa shape index (κ2) is 7.14. The largest absolute Gasteiger partial charge is 0.299 e. The van der Waals surface area contributed by atoms with Gasteiger partial charge in [0.1, 0.15) is 0 Å². The highest BCUT2D eigenvalue weighted by atomic mass is 79.9. The summed E-state index contributed by atoms with van der Waals surface area (Å²) in [7, 11) is 0. The van der Waals surface area contributed by atoms with Crippen molar-refractivity contribution in [2.45, 2.75) is 32.4 Å². The zero-order valence-corrected chi connectivity index (χ0v) is 11.7. The van der Waals surface area contributed by atoms with E-state index in [0.717, 1.165) is 17.3 Å². The third-order valence-corrected chi connectivity index (χ3v) is 3.05. The number of hydrogen-bond donors (Lipinski definition) is 1. The molecule has 18 heavy (non-hydrogen) atoms. The molecule has 1 rings (SSSR count). The van der Waals surface area contributed by atoms with Gasteiger partial charge in [0.25, 0.3) is 5.69 Å². The third kappa shape index (κ3) is 4.13. The Balaban J connectivity index is 2.80. The Hall–Kier alpha value is -1.38. The first kappa shape index (κ1) is 14.7. The molecule has 0 aliphatic heterocycles. The number of benzene rings is 1. The number of nitrogens with zero attached hydrogens (tertiary/aromatic N) is 1. The van der Waals surface area contributed by atoms with Crippen LogP contribution < -0.4 is 5.32 Å². The van der Waals surface area contributed by atoms with Crippen LogP contribution in [0.4, 0.5) is 5.69 Å². The molecule has 1 N–H and O–H groups in total. The van der Waals surface area contributed by atoms with Crippen molar-refractivity contribution < 1.29 is 4.92 Å². The number of halogens is 1. The number of terminal acetylenes is 1. The van der Waals surface area contributed by atoms with Crippen molar-refractivity contribution in [3.05, 3.63) is 38.3 Å². The van der Waals surface area contributed by atoms with E-state index in [1.165, 1.54) is 6.07 Å². The topological polar surface area (TPSA) is 55.2 Å². The van der Waals surface area contributed by atoms with Crippen LogP contribution in [0.5, 0.6) is 0 Å². The Morgan fingerprint density at radius 2 is 2.33 bits per heavy atom. The van der Waals surface area contributed by atoms with Crippen LogP contribution in [0.15, 0.2) is 22.7 Å². The fraction of sp³-hybridized carbons (Fsp3) is 0.385. The lowest BCUT2D eigenvalue weighted by Gasteiger charge is -2.12. The molecule has 0 saturated heterocycles. The highest BCUT2D eigenvalue weighted by Crippen LogP contribution is 2.23. The van der Waals surface area contributed by atoms with Gasteiger partial charge in [-0.25, -0.2) is 0 Å². The summed E-state index contributed by atoms with van der Waals surface area (Å²) in [6.07, 6.45) is 7.23. The standard InChI is InChI=1S/C13H15BrN2O2/c1-3-5-12(4-2)15-9-10-8-11(14)6-7-13(10)16(17)18/h2,6-8,12,15H,3,5,9H2,1H3. The first-order chi connectivity index (χ1) is 8.58. The van der Waals surface area contributed by atoms with Gasteiger partial charge in [-0.2, -0.15) is 0 Å². The van der Waals surface area contributed by atoms with E-state index in [2.05, 4.69) is 27.2 Å². The Morgan fingerprint density at radius 3 is 2.89 bits per heavy atom. The van der Waals surface area contributed by atoms with Crippen molar-refractivity contribution in [2.75, 3.05) is 0 Å². The average Bonchev–Trinajstić information content (AvgIpc) is 2.34. The molecule has 1 aromatic carbocycles. The van der Waals surface area contributed by atoms with E-state index in [1.807, 2.05) is 6.92 Å². The smallest absolute Gasteiger partial charge is 0.273 e. The number of hydrogen-bond acceptors (Lipinski definition) is 3. The second-order valence-electron chi connectivity index (χ2n) is 3.92. The van der Waals surface area contributed by atoms with Crippen molar-refractivity contribution >= 4 is 21.6 Å². The van der Waals surface area contributed by atoms with Crippen molar-refractivity contribution in [1.82, 2.24) is 5.32 Å². The lowest BCUT2D eigenvalue weighted by atomic mass is 10.1. The van der Waals surface area contributed by atoms with Gasteiger partial charge in [-0.1, -0.05) is 35.2 Å². The fourth-order valence-electron chi connectivity index (χ4n) is 1.64. The van der Waals surface area contributed by atoms with Gasteiger partial charge in [0.15, 0.2) is 0 Å². The maximum Gasteiger partial charge on any atom is 0.273 e. The molecular formula is C13H15BrN2O2. The highest BCUT2D eigenvalue weighted by molar-refractivity contribution is 9.10. The molecule has 0 aliphatic carbocycles. The number of rotatable bonds is 6. The van der Waals surface area contributed by atoms with Crippen LogP contribution in [-0.4, -0.2) is 11.0 Å². The number of nitro benzene ring substituents is 1. The van der Waals surface area contributed by atoms with E-state index >= 15 is 0 Å². The molecule has 96 valence electrons. The average molecular weight is 311 g/mol. The summed E-state index contributed by atoms with van der Waals surface area (Å²) in [5, 5.41) is 14.0. The van der Waals surface area contributed by atoms with E-state index in [4.69, 9.17) is 6.42 Å². The molecule has 0 fully saturated rings. The molecular weight excluding hydrogens is 296 g/mol. The molecule has 1 atom stereocenters. The zero-order chi connectivity index (χ0) is 13.5. The predicted molar refractivity (Wildman–Crippen MR) is 75.2 cm³/mol. The Kier molecular flexibility index (Phi) is 5.83. The molecule has 0 spiro atoms. The maximum atomic E-state index is 10.9. The summed E-state index contributed by atoms with van der Waals surface area (Å²) in [5.41, 5.74) is 0.740. The quantitative estimate of drug-likeness (QED) is 0.498. The number of nitrogens with one attached hydrogen (secondary N) is 1. The van der Waals surface area contributed by atoms with Crippen LogP contribution in [0.1, 0.15) is 25.3 Å². The molecule has 4 nitrogen and oxygen atoms in total. The van der Waals surface area contributed by atoms with Crippen LogP contribution in [-0.2, 0) is 6.54 Å². The van der Waals surface area contributed by atoms with E-state index < -0.39 is 0 Å². The normalized spacial score (nSPS) is 11.8. The minimum atomic E-state index is -0.381. The zero-order valence-electron chi connectivity index (χ0n) is 10.1. The van der Waals surface area contributed by atoms with E-state index in [-0.39, 0.29) is 16.7 Å². The molecule has 1 unspecified atom stereocenters. The first-order valence-corrected chi connectivity index (χ1v) is 6.50. The minimum absolute atomic E-state index is 0.0476. The van der Waals surface area contributed by atoms with Gasteiger partial charge in [0.05, 0.1) is 11.0 Å². The van der Waals surface area contributed by atoms with Crippen LogP contribution in [0, 0.1) is 22.5 Å². The molecule has 0 bridgehead atoms. The third-order valence-electron chi connectivity index (χ3n) is 2.56. The Morgan fingerprint density at radius 1 is 1.61 bits per heavy atom. The molecule has 0 aliphatic rings. The Labute approximate surface area is 115 Å². The van der Waals surface area contributed by atoms with Gasteiger partial charge in [-0.15, -0.1) is 6.42 Å². The molecule has 0 radical (unpaired) electrons. The highest BCUT2D eigenvalue weighted by Gasteiger charge is 2.14. The lowest BCUT2D eigenvalue weighted by molar-refractivity contribution is -0.385. The van der Waals surface area contributed by atoms with E-state index in [0.29, 0.717) is 12.1 Å². The van der Waals surface area contributed by atoms with Crippen molar-refractivity contribution in [3.8, 4) is 12.3 Å². The van der Waals surface area contributed by atoms with Crippen LogP contribution in [0.25, 0.3) is 0 Å². The molecule has 0 saturated carbocycles. The number of nitro groups is 1. The molecule has 0 amide bonds. The monoisotopic (exact) mass is 310 g/mol. The van der Waals surface area contributed by atoms with Crippen LogP contribution in [0.2, 0.25) is 0 Å². The first-order valence-electron chi connectivity index (χ1n) is 5.70. The van der Waals surface area contributed by atoms with E-state index in [9.17, 15) is 10.1 Å². The van der Waals surface area contributed by atoms with Gasteiger partial charge in [-0.3, -0.25) is 15.4 Å². The summed E-state index contributed by atoms with van der Waals surface area (Å²) in [6, 6.07) is 4.84. The maximum absolute atomic E-state index is 10.9. The molecule has 5 heteroatoms. The molecule has 1 aromatic rings. The summed E-state index contributed by atoms with van der Waals surface area (Å²) in [6.45, 7) is 2.44. The molecule has 0 heterocycles. The summed E-state index contributed by atoms with van der Waals surface area (Å²) in [4.78, 5) is 10.5. The van der Waals surface area contributed by atoms with Crippen molar-refractivity contribution in [3.63, 3.8) is 0 Å². The summed E-state index contributed by atoms with van der Waals surface area (Å²) in [5.74, 6) is 2.64. The van der Waals surface area contributed by atoms with Crippen molar-refractivity contribution in [1.29, 1.82) is 0 Å². The predicted octanol–water partition coefficient (Wildman–Crippen LogP) is 3.25. The van der Waals surface area contributed by atoms with Gasteiger partial charge >= 0.3 is 0 Å². The van der Waals surface area contributed by atoms with Crippen molar-refractivity contribution in [2.24, 2.45) is 0 Å². The lowest BCUT2D eigenvalue weighted by Crippen LogP contribution is -2.27. The van der Waals surface area contributed by atoms with Crippen LogP contribution >= 0.6 is 15.9 Å². The van der Waals surface area contributed by atoms with Gasteiger partial charge in [-0.05, 0) is 18.6 Å². The van der Waals surface area contributed by atoms with Gasteiger partial charge in [0.2, 0.25) is 0 Å². The second-order valence-corrected chi connectivity index (χ2v) is 4.83.